The molecule has 0 saturated heterocycles. The summed E-state index contributed by atoms with van der Waals surface area (Å²) in [6.07, 6.45) is 0. The topological polar surface area (TPSA) is 67.4 Å². The smallest absolute Gasteiger partial charge is 0.338 e. The summed E-state index contributed by atoms with van der Waals surface area (Å²) >= 11 is 1.55. The molecule has 5 nitrogen and oxygen atoms in total. The molecule has 0 fully saturated rings. The van der Waals surface area contributed by atoms with Gasteiger partial charge in [-0.15, -0.1) is 11.3 Å². The lowest BCUT2D eigenvalue weighted by Gasteiger charge is -2.27. The van der Waals surface area contributed by atoms with Crippen LogP contribution in [-0.2, 0) is 9.53 Å². The molecule has 2 heterocycles. The summed E-state index contributed by atoms with van der Waals surface area (Å²) in [6, 6.07) is 3.14. The number of rotatable bonds is 3. The van der Waals surface area contributed by atoms with Crippen molar-refractivity contribution in [2.45, 2.75) is 26.8 Å². The van der Waals surface area contributed by atoms with E-state index in [4.69, 9.17) is 4.74 Å². The van der Waals surface area contributed by atoms with Crippen molar-refractivity contribution in [1.29, 1.82) is 0 Å². The van der Waals surface area contributed by atoms with E-state index >= 15 is 0 Å². The van der Waals surface area contributed by atoms with Gasteiger partial charge in [0.05, 0.1) is 18.2 Å². The van der Waals surface area contributed by atoms with E-state index in [0.29, 0.717) is 17.9 Å². The van der Waals surface area contributed by atoms with Crippen molar-refractivity contribution < 1.29 is 14.3 Å². The summed E-state index contributed by atoms with van der Waals surface area (Å²) in [5.41, 5.74) is 1.00. The maximum absolute atomic E-state index is 12.0. The second kappa shape index (κ2) is 5.44. The minimum Gasteiger partial charge on any atom is -0.463 e. The maximum atomic E-state index is 12.0. The van der Waals surface area contributed by atoms with Gasteiger partial charge in [-0.2, -0.15) is 0 Å². The number of allylic oxidation sites excluding steroid dienone is 1. The van der Waals surface area contributed by atoms with Crippen LogP contribution in [0.1, 0.15) is 29.6 Å². The van der Waals surface area contributed by atoms with Crippen LogP contribution >= 0.6 is 11.3 Å². The third-order valence-corrected chi connectivity index (χ3v) is 3.88. The average Bonchev–Trinajstić information content (AvgIpc) is 2.75. The molecule has 1 aromatic rings. The zero-order chi connectivity index (χ0) is 14.0. The Morgan fingerprint density at radius 3 is 2.74 bits per heavy atom. The molecule has 102 valence electrons. The Morgan fingerprint density at radius 1 is 1.42 bits per heavy atom. The fourth-order valence-electron chi connectivity index (χ4n) is 2.00. The quantitative estimate of drug-likeness (QED) is 0.834. The number of hydrogen-bond acceptors (Lipinski definition) is 4. The van der Waals surface area contributed by atoms with Gasteiger partial charge < -0.3 is 15.4 Å². The molecular formula is C13H16N2O3S. The Morgan fingerprint density at radius 2 is 2.16 bits per heavy atom. The number of nitrogens with one attached hydrogen (secondary N) is 2. The van der Waals surface area contributed by atoms with Crippen LogP contribution in [-0.4, -0.2) is 18.6 Å². The summed E-state index contributed by atoms with van der Waals surface area (Å²) in [6.45, 7) is 5.75. The van der Waals surface area contributed by atoms with Gasteiger partial charge in [0, 0.05) is 15.5 Å². The zero-order valence-electron chi connectivity index (χ0n) is 11.1. The van der Waals surface area contributed by atoms with E-state index in [2.05, 4.69) is 10.6 Å². The van der Waals surface area contributed by atoms with Gasteiger partial charge in [0.1, 0.15) is 0 Å². The van der Waals surface area contributed by atoms with Crippen molar-refractivity contribution in [1.82, 2.24) is 10.6 Å². The van der Waals surface area contributed by atoms with Gasteiger partial charge in [-0.1, -0.05) is 0 Å². The van der Waals surface area contributed by atoms with E-state index < -0.39 is 12.0 Å². The van der Waals surface area contributed by atoms with E-state index in [1.807, 2.05) is 19.1 Å². The molecule has 2 rings (SSSR count). The van der Waals surface area contributed by atoms with Crippen molar-refractivity contribution in [3.05, 3.63) is 33.2 Å². The third-order valence-electron chi connectivity index (χ3n) is 2.81. The fraction of sp³-hybridized carbons (Fsp3) is 0.385. The van der Waals surface area contributed by atoms with Gasteiger partial charge in [0.2, 0.25) is 0 Å². The van der Waals surface area contributed by atoms with Crippen LogP contribution in [0.15, 0.2) is 23.4 Å². The molecule has 1 aliphatic heterocycles. The lowest BCUT2D eigenvalue weighted by Crippen LogP contribution is -2.45. The maximum Gasteiger partial charge on any atom is 0.338 e. The van der Waals surface area contributed by atoms with Crippen LogP contribution in [0.5, 0.6) is 0 Å². The van der Waals surface area contributed by atoms with Crippen molar-refractivity contribution >= 4 is 23.3 Å². The lowest BCUT2D eigenvalue weighted by molar-refractivity contribution is -0.139. The van der Waals surface area contributed by atoms with Gasteiger partial charge in [0.15, 0.2) is 0 Å². The SMILES string of the molecule is CCOC(=O)C1=C(C)NC(=O)N[C@@H]1c1ccc(C)s1. The number of amides is 2. The Bertz CT molecular complexity index is 548. The number of esters is 1. The first-order valence-electron chi connectivity index (χ1n) is 6.04. The molecule has 0 aliphatic carbocycles. The molecule has 2 amide bonds. The molecule has 0 radical (unpaired) electrons. The normalized spacial score (nSPS) is 18.9. The molecule has 1 aliphatic rings. The van der Waals surface area contributed by atoms with E-state index in [1.54, 1.807) is 25.2 Å². The number of ether oxygens (including phenoxy) is 1. The van der Waals surface area contributed by atoms with E-state index in [1.165, 1.54) is 0 Å². The van der Waals surface area contributed by atoms with Crippen LogP contribution in [0.3, 0.4) is 0 Å². The van der Waals surface area contributed by atoms with E-state index in [0.717, 1.165) is 9.75 Å². The number of aryl methyl sites for hydroxylation is 1. The first-order valence-corrected chi connectivity index (χ1v) is 6.86. The molecule has 0 bridgehead atoms. The Hall–Kier alpha value is -1.82. The third kappa shape index (κ3) is 2.78. The van der Waals surface area contributed by atoms with Gasteiger partial charge in [-0.25, -0.2) is 9.59 Å². The van der Waals surface area contributed by atoms with Crippen molar-refractivity contribution in [3.63, 3.8) is 0 Å². The first-order chi connectivity index (χ1) is 9.02. The summed E-state index contributed by atoms with van der Waals surface area (Å²) in [4.78, 5) is 25.7. The van der Waals surface area contributed by atoms with Crippen LogP contribution in [0, 0.1) is 6.92 Å². The molecule has 0 saturated carbocycles. The molecular weight excluding hydrogens is 264 g/mol. The summed E-state index contributed by atoms with van der Waals surface area (Å²) < 4.78 is 5.06. The Balaban J connectivity index is 2.40. The number of thiophene rings is 1. The van der Waals surface area contributed by atoms with Crippen LogP contribution in [0.2, 0.25) is 0 Å². The zero-order valence-corrected chi connectivity index (χ0v) is 11.9. The highest BCUT2D eigenvalue weighted by atomic mass is 32.1. The molecule has 1 aromatic heterocycles. The molecule has 1 atom stereocenters. The second-order valence-electron chi connectivity index (χ2n) is 4.24. The lowest BCUT2D eigenvalue weighted by atomic mass is 10.0. The minimum absolute atomic E-state index is 0.304. The predicted molar refractivity (Wildman–Crippen MR) is 72.8 cm³/mol. The highest BCUT2D eigenvalue weighted by Crippen LogP contribution is 2.31. The fourth-order valence-corrected chi connectivity index (χ4v) is 2.93. The molecule has 0 aromatic carbocycles. The Labute approximate surface area is 115 Å². The molecule has 2 N–H and O–H groups in total. The second-order valence-corrected chi connectivity index (χ2v) is 5.56. The van der Waals surface area contributed by atoms with Crippen LogP contribution < -0.4 is 10.6 Å². The molecule has 0 spiro atoms. The average molecular weight is 280 g/mol. The highest BCUT2D eigenvalue weighted by Gasteiger charge is 2.32. The predicted octanol–water partition coefficient (Wildman–Crippen LogP) is 2.25. The van der Waals surface area contributed by atoms with Gasteiger partial charge in [-0.3, -0.25) is 0 Å². The van der Waals surface area contributed by atoms with Gasteiger partial charge in [-0.05, 0) is 32.9 Å². The first kappa shape index (κ1) is 13.6. The van der Waals surface area contributed by atoms with Crippen LogP contribution in [0.4, 0.5) is 4.79 Å². The van der Waals surface area contributed by atoms with E-state index in [9.17, 15) is 9.59 Å². The van der Waals surface area contributed by atoms with Crippen molar-refractivity contribution in [2.75, 3.05) is 6.61 Å². The van der Waals surface area contributed by atoms with E-state index in [-0.39, 0.29) is 6.03 Å². The summed E-state index contributed by atoms with van der Waals surface area (Å²) in [5, 5.41) is 5.38. The minimum atomic E-state index is -0.438. The number of hydrogen-bond donors (Lipinski definition) is 2. The Kier molecular flexibility index (Phi) is 3.90. The van der Waals surface area contributed by atoms with Gasteiger partial charge in [0.25, 0.3) is 0 Å². The monoisotopic (exact) mass is 280 g/mol. The molecule has 0 unspecified atom stereocenters. The van der Waals surface area contributed by atoms with Crippen LogP contribution in [0.25, 0.3) is 0 Å². The largest absolute Gasteiger partial charge is 0.463 e. The standard InChI is InChI=1S/C13H16N2O3S/c1-4-18-12(16)10-8(3)14-13(17)15-11(10)9-6-5-7(2)19-9/h5-6,11H,4H2,1-3H3,(H2,14,15,17)/t11-/m1/s1. The summed E-state index contributed by atoms with van der Waals surface area (Å²) in [5.74, 6) is -0.399. The summed E-state index contributed by atoms with van der Waals surface area (Å²) in [7, 11) is 0. The van der Waals surface area contributed by atoms with Crippen molar-refractivity contribution in [2.24, 2.45) is 0 Å². The number of carbonyl (C=O) groups excluding carboxylic acids is 2. The number of urea groups is 1. The highest BCUT2D eigenvalue weighted by molar-refractivity contribution is 7.12. The van der Waals surface area contributed by atoms with Gasteiger partial charge >= 0.3 is 12.0 Å². The molecule has 6 heteroatoms. The number of carbonyl (C=O) groups is 2. The van der Waals surface area contributed by atoms with Crippen molar-refractivity contribution in [3.8, 4) is 0 Å². The molecule has 19 heavy (non-hydrogen) atoms.